The summed E-state index contributed by atoms with van der Waals surface area (Å²) < 4.78 is 31.9. The summed E-state index contributed by atoms with van der Waals surface area (Å²) in [7, 11) is -2.33. The molecule has 0 fully saturated rings. The summed E-state index contributed by atoms with van der Waals surface area (Å²) in [5.41, 5.74) is 0.528. The molecule has 0 aromatic heterocycles. The van der Waals surface area contributed by atoms with Crippen molar-refractivity contribution in [3.05, 3.63) is 53.6 Å². The number of methoxy groups -OCH3 is 1. The van der Waals surface area contributed by atoms with Gasteiger partial charge in [0.05, 0.1) is 18.0 Å². The third-order valence-electron chi connectivity index (χ3n) is 3.21. The number of carbonyl (C=O) groups excluding carboxylic acids is 1. The fourth-order valence-electron chi connectivity index (χ4n) is 1.89. The highest BCUT2D eigenvalue weighted by atomic mass is 35.5. The first-order chi connectivity index (χ1) is 11.3. The summed E-state index contributed by atoms with van der Waals surface area (Å²) >= 11 is 5.77. The second kappa shape index (κ2) is 7.65. The van der Waals surface area contributed by atoms with E-state index in [2.05, 4.69) is 10.0 Å². The third-order valence-corrected chi connectivity index (χ3v) is 5.02. The van der Waals surface area contributed by atoms with Gasteiger partial charge in [-0.2, -0.15) is 4.72 Å². The lowest BCUT2D eigenvalue weighted by Gasteiger charge is -2.14. The van der Waals surface area contributed by atoms with E-state index in [1.807, 2.05) is 0 Å². The normalized spacial score (nSPS) is 12.5. The maximum absolute atomic E-state index is 12.3. The van der Waals surface area contributed by atoms with Gasteiger partial charge in [-0.3, -0.25) is 4.79 Å². The number of halogens is 1. The second-order valence-electron chi connectivity index (χ2n) is 5.01. The zero-order chi connectivity index (χ0) is 17.7. The van der Waals surface area contributed by atoms with Gasteiger partial charge in [0, 0.05) is 10.7 Å². The average molecular weight is 369 g/mol. The highest BCUT2D eigenvalue weighted by Crippen LogP contribution is 2.16. The van der Waals surface area contributed by atoms with Gasteiger partial charge in [-0.1, -0.05) is 11.6 Å². The molecule has 0 saturated heterocycles. The van der Waals surface area contributed by atoms with E-state index >= 15 is 0 Å². The molecule has 0 saturated carbocycles. The molecule has 0 spiro atoms. The predicted octanol–water partition coefficient (Wildman–Crippen LogP) is 2.65. The Morgan fingerprint density at radius 3 is 2.21 bits per heavy atom. The number of benzene rings is 2. The Kier molecular flexibility index (Phi) is 5.82. The van der Waals surface area contributed by atoms with Crippen LogP contribution in [-0.2, 0) is 14.8 Å². The number of carbonyl (C=O) groups is 1. The number of hydrogen-bond donors (Lipinski definition) is 2. The molecule has 0 aliphatic rings. The van der Waals surface area contributed by atoms with Crippen LogP contribution in [0.4, 0.5) is 5.69 Å². The van der Waals surface area contributed by atoms with Crippen molar-refractivity contribution in [3.8, 4) is 5.75 Å². The number of rotatable bonds is 6. The molecule has 2 aromatic rings. The first-order valence-corrected chi connectivity index (χ1v) is 8.91. The zero-order valence-electron chi connectivity index (χ0n) is 13.1. The van der Waals surface area contributed by atoms with Crippen LogP contribution in [0.25, 0.3) is 0 Å². The molecule has 1 amide bonds. The van der Waals surface area contributed by atoms with Gasteiger partial charge in [0.15, 0.2) is 0 Å². The molecule has 1 atom stereocenters. The summed E-state index contributed by atoms with van der Waals surface area (Å²) in [5, 5.41) is 3.16. The maximum atomic E-state index is 12.3. The molecule has 2 N–H and O–H groups in total. The first-order valence-electron chi connectivity index (χ1n) is 7.04. The van der Waals surface area contributed by atoms with Crippen LogP contribution in [0, 0.1) is 0 Å². The minimum Gasteiger partial charge on any atom is -0.497 e. The number of sulfonamides is 1. The van der Waals surface area contributed by atoms with E-state index in [0.717, 1.165) is 0 Å². The molecule has 1 unspecified atom stereocenters. The van der Waals surface area contributed by atoms with Crippen molar-refractivity contribution in [3.63, 3.8) is 0 Å². The van der Waals surface area contributed by atoms with Crippen LogP contribution < -0.4 is 14.8 Å². The van der Waals surface area contributed by atoms with Crippen molar-refractivity contribution in [1.82, 2.24) is 4.72 Å². The van der Waals surface area contributed by atoms with Crippen LogP contribution in [0.15, 0.2) is 53.4 Å². The van der Waals surface area contributed by atoms with Gasteiger partial charge < -0.3 is 10.1 Å². The van der Waals surface area contributed by atoms with Gasteiger partial charge in [-0.25, -0.2) is 8.42 Å². The lowest BCUT2D eigenvalue weighted by atomic mass is 10.3. The van der Waals surface area contributed by atoms with Gasteiger partial charge in [-0.15, -0.1) is 0 Å². The topological polar surface area (TPSA) is 84.5 Å². The fraction of sp³-hybridized carbons (Fsp3) is 0.188. The van der Waals surface area contributed by atoms with E-state index in [9.17, 15) is 13.2 Å². The van der Waals surface area contributed by atoms with E-state index < -0.39 is 22.0 Å². The Morgan fingerprint density at radius 2 is 1.67 bits per heavy atom. The van der Waals surface area contributed by atoms with Gasteiger partial charge in [-0.05, 0) is 55.5 Å². The van der Waals surface area contributed by atoms with Gasteiger partial charge in [0.25, 0.3) is 0 Å². The molecule has 0 radical (unpaired) electrons. The van der Waals surface area contributed by atoms with Crippen LogP contribution in [-0.4, -0.2) is 27.5 Å². The maximum Gasteiger partial charge on any atom is 0.242 e. The standard InChI is InChI=1S/C16H17ClN2O4S/c1-11(16(20)18-13-5-3-12(17)4-6-13)19-24(21,22)15-9-7-14(23-2)8-10-15/h3-11,19H,1-2H3,(H,18,20). The average Bonchev–Trinajstić information content (AvgIpc) is 2.56. The van der Waals surface area contributed by atoms with Crippen molar-refractivity contribution >= 4 is 33.2 Å². The van der Waals surface area contributed by atoms with Crippen molar-refractivity contribution < 1.29 is 17.9 Å². The van der Waals surface area contributed by atoms with E-state index in [-0.39, 0.29) is 4.90 Å². The molecular formula is C16H17ClN2O4S. The summed E-state index contributed by atoms with van der Waals surface area (Å²) in [4.78, 5) is 12.2. The van der Waals surface area contributed by atoms with Crippen molar-refractivity contribution in [2.45, 2.75) is 17.9 Å². The number of anilines is 1. The number of ether oxygens (including phenoxy) is 1. The monoisotopic (exact) mass is 368 g/mol. The first kappa shape index (κ1) is 18.3. The smallest absolute Gasteiger partial charge is 0.242 e. The quantitative estimate of drug-likeness (QED) is 0.820. The Morgan fingerprint density at radius 1 is 1.08 bits per heavy atom. The number of nitrogens with one attached hydrogen (secondary N) is 2. The van der Waals surface area contributed by atoms with Crippen molar-refractivity contribution in [1.29, 1.82) is 0 Å². The SMILES string of the molecule is COc1ccc(S(=O)(=O)NC(C)C(=O)Nc2ccc(Cl)cc2)cc1. The van der Waals surface area contributed by atoms with E-state index in [1.54, 1.807) is 24.3 Å². The molecule has 6 nitrogen and oxygen atoms in total. The Bertz CT molecular complexity index is 805. The van der Waals surface area contributed by atoms with E-state index in [0.29, 0.717) is 16.5 Å². The molecule has 0 aliphatic heterocycles. The molecule has 128 valence electrons. The van der Waals surface area contributed by atoms with Gasteiger partial charge in [0.1, 0.15) is 5.75 Å². The van der Waals surface area contributed by atoms with Crippen molar-refractivity contribution in [2.24, 2.45) is 0 Å². The summed E-state index contributed by atoms with van der Waals surface area (Å²) in [6.45, 7) is 1.46. The predicted molar refractivity (Wildman–Crippen MR) is 92.9 cm³/mol. The Hall–Kier alpha value is -2.09. The minimum atomic E-state index is -3.82. The van der Waals surface area contributed by atoms with Crippen LogP contribution in [0.5, 0.6) is 5.75 Å². The van der Waals surface area contributed by atoms with E-state index in [1.165, 1.54) is 38.3 Å². The number of hydrogen-bond acceptors (Lipinski definition) is 4. The molecule has 2 aromatic carbocycles. The molecule has 24 heavy (non-hydrogen) atoms. The molecule has 0 heterocycles. The second-order valence-corrected chi connectivity index (χ2v) is 7.17. The highest BCUT2D eigenvalue weighted by Gasteiger charge is 2.22. The lowest BCUT2D eigenvalue weighted by Crippen LogP contribution is -2.41. The number of amides is 1. The zero-order valence-corrected chi connectivity index (χ0v) is 14.7. The summed E-state index contributed by atoms with van der Waals surface area (Å²) in [6, 6.07) is 11.5. The largest absolute Gasteiger partial charge is 0.497 e. The van der Waals surface area contributed by atoms with Crippen LogP contribution in [0.3, 0.4) is 0 Å². The van der Waals surface area contributed by atoms with Gasteiger partial charge in [0.2, 0.25) is 15.9 Å². The molecule has 0 aliphatic carbocycles. The molecule has 8 heteroatoms. The van der Waals surface area contributed by atoms with Crippen LogP contribution >= 0.6 is 11.6 Å². The minimum absolute atomic E-state index is 0.0504. The van der Waals surface area contributed by atoms with Crippen LogP contribution in [0.1, 0.15) is 6.92 Å². The lowest BCUT2D eigenvalue weighted by molar-refractivity contribution is -0.117. The van der Waals surface area contributed by atoms with Crippen molar-refractivity contribution in [2.75, 3.05) is 12.4 Å². The molecule has 2 rings (SSSR count). The Balaban J connectivity index is 2.04. The highest BCUT2D eigenvalue weighted by molar-refractivity contribution is 7.89. The summed E-state index contributed by atoms with van der Waals surface area (Å²) in [6.07, 6.45) is 0. The molecule has 0 bridgehead atoms. The third kappa shape index (κ3) is 4.70. The fourth-order valence-corrected chi connectivity index (χ4v) is 3.22. The van der Waals surface area contributed by atoms with Crippen LogP contribution in [0.2, 0.25) is 5.02 Å². The Labute approximate surface area is 145 Å². The molecular weight excluding hydrogens is 352 g/mol. The van der Waals surface area contributed by atoms with E-state index in [4.69, 9.17) is 16.3 Å². The van der Waals surface area contributed by atoms with Gasteiger partial charge >= 0.3 is 0 Å². The summed E-state index contributed by atoms with van der Waals surface area (Å²) in [5.74, 6) is 0.0666.